The van der Waals surface area contributed by atoms with Crippen LogP contribution in [0.5, 0.6) is 0 Å². The summed E-state index contributed by atoms with van der Waals surface area (Å²) in [6.07, 6.45) is 0. The van der Waals surface area contributed by atoms with Gasteiger partial charge < -0.3 is 0 Å². The first-order chi connectivity index (χ1) is 3.81. The van der Waals surface area contributed by atoms with Crippen LogP contribution >= 0.6 is 26.6 Å². The fourth-order valence-electron chi connectivity index (χ4n) is 0.0652. The Morgan fingerprint density at radius 3 is 1.89 bits per heavy atom. The molecule has 0 aliphatic carbocycles. The molecule has 0 aromatic carbocycles. The van der Waals surface area contributed by atoms with E-state index in [9.17, 15) is 17.2 Å². The third kappa shape index (κ3) is 2.35. The highest BCUT2D eigenvalue weighted by molar-refractivity contribution is 9.09. The minimum absolute atomic E-state index is 0.980. The Morgan fingerprint density at radius 1 is 1.56 bits per heavy atom. The van der Waals surface area contributed by atoms with E-state index in [-0.39, 0.29) is 0 Å². The van der Waals surface area contributed by atoms with E-state index >= 15 is 0 Å². The molecule has 9 heavy (non-hydrogen) atoms. The average molecular weight is 243 g/mol. The van der Waals surface area contributed by atoms with Gasteiger partial charge in [-0.05, 0) is 0 Å². The van der Waals surface area contributed by atoms with Crippen LogP contribution in [0.2, 0.25) is 0 Å². The van der Waals surface area contributed by atoms with Crippen molar-refractivity contribution in [1.29, 1.82) is 0 Å². The second-order valence-electron chi connectivity index (χ2n) is 1.21. The zero-order valence-electron chi connectivity index (χ0n) is 3.94. The van der Waals surface area contributed by atoms with Gasteiger partial charge in [-0.25, -0.2) is 8.42 Å². The van der Waals surface area contributed by atoms with Crippen molar-refractivity contribution in [3.05, 3.63) is 0 Å². The van der Waals surface area contributed by atoms with Crippen molar-refractivity contribution in [1.82, 2.24) is 0 Å². The first-order valence-electron chi connectivity index (χ1n) is 1.69. The highest BCUT2D eigenvalue weighted by Crippen LogP contribution is 2.26. The van der Waals surface area contributed by atoms with Gasteiger partial charge in [0.15, 0.2) is 0 Å². The van der Waals surface area contributed by atoms with E-state index in [0.29, 0.717) is 0 Å². The molecular weight excluding hydrogens is 241 g/mol. The SMILES string of the molecule is O=S(=O)(Cl)C(F)(F)CBr. The molecule has 0 radical (unpaired) electrons. The van der Waals surface area contributed by atoms with E-state index in [0.717, 1.165) is 0 Å². The maximum Gasteiger partial charge on any atom is 0.369 e. The average Bonchev–Trinajstić information content (AvgIpc) is 1.64. The smallest absolute Gasteiger partial charge is 0.206 e. The molecule has 0 aromatic heterocycles. The summed E-state index contributed by atoms with van der Waals surface area (Å²) in [5.74, 6) is 0. The van der Waals surface area contributed by atoms with Gasteiger partial charge >= 0.3 is 5.25 Å². The summed E-state index contributed by atoms with van der Waals surface area (Å²) >= 11 is 2.29. The van der Waals surface area contributed by atoms with Gasteiger partial charge in [-0.3, -0.25) is 0 Å². The summed E-state index contributed by atoms with van der Waals surface area (Å²) in [6, 6.07) is 0. The maximum atomic E-state index is 11.9. The van der Waals surface area contributed by atoms with Crippen molar-refractivity contribution in [2.24, 2.45) is 0 Å². The molecule has 0 amide bonds. The summed E-state index contributed by atoms with van der Waals surface area (Å²) in [5, 5.41) is -4.85. The fourth-order valence-corrected chi connectivity index (χ4v) is 1.66. The van der Waals surface area contributed by atoms with E-state index in [1.54, 1.807) is 0 Å². The molecule has 0 bridgehead atoms. The summed E-state index contributed by atoms with van der Waals surface area (Å²) in [5.41, 5.74) is 0. The fraction of sp³-hybridized carbons (Fsp3) is 1.00. The van der Waals surface area contributed by atoms with Gasteiger partial charge in [0, 0.05) is 10.7 Å². The van der Waals surface area contributed by atoms with E-state index < -0.39 is 19.6 Å². The Hall–Kier alpha value is 0.580. The topological polar surface area (TPSA) is 34.1 Å². The first kappa shape index (κ1) is 9.58. The van der Waals surface area contributed by atoms with Crippen LogP contribution in [0.25, 0.3) is 0 Å². The van der Waals surface area contributed by atoms with Crippen LogP contribution in [0.4, 0.5) is 8.78 Å². The predicted molar refractivity (Wildman–Crippen MR) is 33.5 cm³/mol. The van der Waals surface area contributed by atoms with Crippen LogP contribution < -0.4 is 0 Å². The van der Waals surface area contributed by atoms with Crippen LogP contribution in [0, 0.1) is 0 Å². The van der Waals surface area contributed by atoms with E-state index in [1.807, 2.05) is 0 Å². The van der Waals surface area contributed by atoms with E-state index in [4.69, 9.17) is 0 Å². The third-order valence-electron chi connectivity index (χ3n) is 0.512. The lowest BCUT2D eigenvalue weighted by Gasteiger charge is -2.06. The predicted octanol–water partition coefficient (Wildman–Crippen LogP) is 1.54. The van der Waals surface area contributed by atoms with Crippen LogP contribution in [-0.4, -0.2) is 19.0 Å². The number of halogens is 4. The van der Waals surface area contributed by atoms with Crippen molar-refractivity contribution >= 4 is 35.7 Å². The molecule has 0 fully saturated rings. The van der Waals surface area contributed by atoms with Crippen molar-refractivity contribution in [2.45, 2.75) is 5.25 Å². The van der Waals surface area contributed by atoms with E-state index in [2.05, 4.69) is 26.6 Å². The monoisotopic (exact) mass is 242 g/mol. The first-order valence-corrected chi connectivity index (χ1v) is 5.12. The van der Waals surface area contributed by atoms with Crippen molar-refractivity contribution in [2.75, 3.05) is 5.33 Å². The second kappa shape index (κ2) is 2.67. The zero-order valence-corrected chi connectivity index (χ0v) is 7.10. The molecule has 0 saturated carbocycles. The maximum absolute atomic E-state index is 11.9. The molecule has 56 valence electrons. The molecule has 0 rings (SSSR count). The van der Waals surface area contributed by atoms with Gasteiger partial charge in [0.25, 0.3) is 9.05 Å². The van der Waals surface area contributed by atoms with Crippen LogP contribution in [0.3, 0.4) is 0 Å². The molecule has 0 aliphatic rings. The van der Waals surface area contributed by atoms with Gasteiger partial charge in [-0.2, -0.15) is 8.78 Å². The Kier molecular flexibility index (Phi) is 2.85. The van der Waals surface area contributed by atoms with Crippen molar-refractivity contribution in [3.63, 3.8) is 0 Å². The quantitative estimate of drug-likeness (QED) is 0.545. The van der Waals surface area contributed by atoms with Crippen LogP contribution in [0.1, 0.15) is 0 Å². The molecule has 2 nitrogen and oxygen atoms in total. The molecule has 0 saturated heterocycles. The molecule has 0 heterocycles. The lowest BCUT2D eigenvalue weighted by atomic mass is 10.8. The van der Waals surface area contributed by atoms with Gasteiger partial charge in [0.1, 0.15) is 0 Å². The number of rotatable bonds is 2. The molecule has 0 N–H and O–H groups in total. The minimum atomic E-state index is -4.76. The van der Waals surface area contributed by atoms with Crippen LogP contribution in [-0.2, 0) is 9.05 Å². The lowest BCUT2D eigenvalue weighted by Crippen LogP contribution is -2.25. The molecule has 0 atom stereocenters. The molecule has 0 unspecified atom stereocenters. The molecule has 0 aliphatic heterocycles. The normalized spacial score (nSPS) is 13.8. The van der Waals surface area contributed by atoms with Gasteiger partial charge in [0.05, 0.1) is 5.33 Å². The largest absolute Gasteiger partial charge is 0.369 e. The summed E-state index contributed by atoms with van der Waals surface area (Å²) < 4.78 is 43.5. The summed E-state index contributed by atoms with van der Waals surface area (Å²) in [4.78, 5) is 0. The highest BCUT2D eigenvalue weighted by Gasteiger charge is 2.42. The Morgan fingerprint density at radius 2 is 1.89 bits per heavy atom. The molecular formula is C2H2BrClF2O2S. The summed E-state index contributed by atoms with van der Waals surface area (Å²) in [7, 11) is -0.443. The number of hydrogen-bond donors (Lipinski definition) is 0. The Balaban J connectivity index is 4.56. The van der Waals surface area contributed by atoms with Gasteiger partial charge in [-0.1, -0.05) is 15.9 Å². The highest BCUT2D eigenvalue weighted by atomic mass is 79.9. The second-order valence-corrected chi connectivity index (χ2v) is 4.46. The molecule has 7 heteroatoms. The molecule has 0 aromatic rings. The molecule has 0 spiro atoms. The Labute approximate surface area is 63.7 Å². The minimum Gasteiger partial charge on any atom is -0.206 e. The number of hydrogen-bond acceptors (Lipinski definition) is 2. The van der Waals surface area contributed by atoms with Crippen LogP contribution in [0.15, 0.2) is 0 Å². The zero-order chi connectivity index (χ0) is 7.71. The standard InChI is InChI=1S/C2H2BrClF2O2S/c3-1-2(5,6)9(4,7)8/h1H2. The summed E-state index contributed by atoms with van der Waals surface area (Å²) in [6.45, 7) is 0. The van der Waals surface area contributed by atoms with Crippen molar-refractivity contribution < 1.29 is 17.2 Å². The van der Waals surface area contributed by atoms with E-state index in [1.165, 1.54) is 0 Å². The third-order valence-corrected chi connectivity index (χ3v) is 3.12. The lowest BCUT2D eigenvalue weighted by molar-refractivity contribution is 0.124. The number of alkyl halides is 3. The van der Waals surface area contributed by atoms with Gasteiger partial charge in [-0.15, -0.1) is 0 Å². The van der Waals surface area contributed by atoms with Crippen molar-refractivity contribution in [3.8, 4) is 0 Å². The van der Waals surface area contributed by atoms with Gasteiger partial charge in [0.2, 0.25) is 0 Å². The Bertz CT molecular complexity index is 189.